The average molecular weight is 272 g/mol. The summed E-state index contributed by atoms with van der Waals surface area (Å²) in [5.41, 5.74) is 0. The summed E-state index contributed by atoms with van der Waals surface area (Å²) in [4.78, 5) is 4.10. The second-order valence-electron chi connectivity index (χ2n) is 3.56. The van der Waals surface area contributed by atoms with Gasteiger partial charge in [-0.25, -0.2) is 4.98 Å². The van der Waals surface area contributed by atoms with Crippen LogP contribution < -0.4 is 4.74 Å². The van der Waals surface area contributed by atoms with E-state index in [1.165, 1.54) is 25.7 Å². The van der Waals surface area contributed by atoms with Gasteiger partial charge in [-0.05, 0) is 34.5 Å². The van der Waals surface area contributed by atoms with Gasteiger partial charge >= 0.3 is 0 Å². The zero-order valence-corrected chi connectivity index (χ0v) is 10.8. The van der Waals surface area contributed by atoms with Crippen LogP contribution >= 0.6 is 15.9 Å². The fourth-order valence-corrected chi connectivity index (χ4v) is 1.73. The van der Waals surface area contributed by atoms with Crippen molar-refractivity contribution in [3.8, 4) is 5.75 Å². The number of nitrogens with zero attached hydrogens (tertiary/aromatic N) is 1. The summed E-state index contributed by atoms with van der Waals surface area (Å²) in [6, 6.07) is 3.82. The van der Waals surface area contributed by atoms with E-state index in [1.807, 2.05) is 12.1 Å². The number of ether oxygens (including phenoxy) is 1. The Morgan fingerprint density at radius 1 is 1.27 bits per heavy atom. The van der Waals surface area contributed by atoms with E-state index in [2.05, 4.69) is 27.8 Å². The van der Waals surface area contributed by atoms with Gasteiger partial charge < -0.3 is 4.74 Å². The molecule has 0 aromatic carbocycles. The molecule has 0 saturated carbocycles. The van der Waals surface area contributed by atoms with Crippen LogP contribution in [-0.4, -0.2) is 11.6 Å². The van der Waals surface area contributed by atoms with Gasteiger partial charge in [-0.1, -0.05) is 32.6 Å². The lowest BCUT2D eigenvalue weighted by Crippen LogP contribution is -1.98. The van der Waals surface area contributed by atoms with Gasteiger partial charge in [0.15, 0.2) is 5.75 Å². The van der Waals surface area contributed by atoms with Crippen molar-refractivity contribution < 1.29 is 4.74 Å². The van der Waals surface area contributed by atoms with Gasteiger partial charge in [0.25, 0.3) is 0 Å². The first-order valence-electron chi connectivity index (χ1n) is 5.58. The molecule has 0 spiro atoms. The first kappa shape index (κ1) is 12.5. The van der Waals surface area contributed by atoms with Crippen molar-refractivity contribution in [1.29, 1.82) is 0 Å². The normalized spacial score (nSPS) is 10.3. The molecular formula is C12H18BrNO. The number of unbranched alkanes of at least 4 members (excludes halogenated alkanes) is 4. The van der Waals surface area contributed by atoms with E-state index in [1.54, 1.807) is 6.20 Å². The standard InChI is InChI=1S/C12H18BrNO/c1-2-3-4-5-6-10-15-11-8-7-9-14-12(11)13/h7-9H,2-6,10H2,1H3. The lowest BCUT2D eigenvalue weighted by atomic mass is 10.2. The minimum atomic E-state index is 0.786. The van der Waals surface area contributed by atoms with Gasteiger partial charge in [0.2, 0.25) is 0 Å². The van der Waals surface area contributed by atoms with Gasteiger partial charge in [-0.15, -0.1) is 0 Å². The molecule has 1 heterocycles. The third kappa shape index (κ3) is 5.17. The maximum atomic E-state index is 5.61. The fourth-order valence-electron chi connectivity index (χ4n) is 1.37. The van der Waals surface area contributed by atoms with Crippen LogP contribution in [0.1, 0.15) is 39.0 Å². The van der Waals surface area contributed by atoms with E-state index in [0.29, 0.717) is 0 Å². The zero-order valence-electron chi connectivity index (χ0n) is 9.21. The van der Waals surface area contributed by atoms with E-state index in [9.17, 15) is 0 Å². The van der Waals surface area contributed by atoms with Crippen LogP contribution in [0.4, 0.5) is 0 Å². The molecule has 0 aliphatic heterocycles. The maximum absolute atomic E-state index is 5.61. The smallest absolute Gasteiger partial charge is 0.152 e. The molecule has 0 radical (unpaired) electrons. The van der Waals surface area contributed by atoms with Gasteiger partial charge in [-0.2, -0.15) is 0 Å². The Hall–Kier alpha value is -0.570. The van der Waals surface area contributed by atoms with Crippen LogP contribution in [0.3, 0.4) is 0 Å². The third-order valence-corrected chi connectivity index (χ3v) is 2.83. The predicted octanol–water partition coefficient (Wildman–Crippen LogP) is 4.19. The highest BCUT2D eigenvalue weighted by Crippen LogP contribution is 2.21. The second-order valence-corrected chi connectivity index (χ2v) is 4.31. The molecule has 1 rings (SSSR count). The molecule has 0 atom stereocenters. The number of rotatable bonds is 7. The van der Waals surface area contributed by atoms with Gasteiger partial charge in [-0.3, -0.25) is 0 Å². The van der Waals surface area contributed by atoms with Crippen molar-refractivity contribution in [2.24, 2.45) is 0 Å². The summed E-state index contributed by atoms with van der Waals surface area (Å²) in [5.74, 6) is 0.841. The summed E-state index contributed by atoms with van der Waals surface area (Å²) in [5, 5.41) is 0. The zero-order chi connectivity index (χ0) is 10.9. The highest BCUT2D eigenvalue weighted by atomic mass is 79.9. The van der Waals surface area contributed by atoms with Crippen LogP contribution in [0.5, 0.6) is 5.75 Å². The topological polar surface area (TPSA) is 22.1 Å². The Morgan fingerprint density at radius 3 is 2.80 bits per heavy atom. The highest BCUT2D eigenvalue weighted by Gasteiger charge is 1.99. The van der Waals surface area contributed by atoms with Crippen LogP contribution in [0.25, 0.3) is 0 Å². The molecule has 0 unspecified atom stereocenters. The summed E-state index contributed by atoms with van der Waals surface area (Å²) in [7, 11) is 0. The molecule has 0 bridgehead atoms. The lowest BCUT2D eigenvalue weighted by Gasteiger charge is -2.06. The third-order valence-electron chi connectivity index (χ3n) is 2.23. The Balaban J connectivity index is 2.12. The molecule has 0 fully saturated rings. The molecule has 0 aliphatic rings. The lowest BCUT2D eigenvalue weighted by molar-refractivity contribution is 0.301. The maximum Gasteiger partial charge on any atom is 0.152 e. The SMILES string of the molecule is CCCCCCCOc1cccnc1Br. The van der Waals surface area contributed by atoms with Crippen molar-refractivity contribution in [1.82, 2.24) is 4.98 Å². The summed E-state index contributed by atoms with van der Waals surface area (Å²) >= 11 is 3.35. The average Bonchev–Trinajstić information content (AvgIpc) is 2.25. The Labute approximate surface area is 100 Å². The first-order valence-corrected chi connectivity index (χ1v) is 6.37. The van der Waals surface area contributed by atoms with E-state index in [-0.39, 0.29) is 0 Å². The van der Waals surface area contributed by atoms with Crippen molar-refractivity contribution in [2.45, 2.75) is 39.0 Å². The van der Waals surface area contributed by atoms with Gasteiger partial charge in [0, 0.05) is 6.20 Å². The number of pyridine rings is 1. The quantitative estimate of drug-likeness (QED) is 0.548. The van der Waals surface area contributed by atoms with Crippen LogP contribution in [-0.2, 0) is 0 Å². The number of hydrogen-bond donors (Lipinski definition) is 0. The number of hydrogen-bond acceptors (Lipinski definition) is 2. The largest absolute Gasteiger partial charge is 0.491 e. The molecule has 0 aliphatic carbocycles. The monoisotopic (exact) mass is 271 g/mol. The van der Waals surface area contributed by atoms with Crippen LogP contribution in [0.15, 0.2) is 22.9 Å². The fraction of sp³-hybridized carbons (Fsp3) is 0.583. The Morgan fingerprint density at radius 2 is 2.07 bits per heavy atom. The first-order chi connectivity index (χ1) is 7.34. The van der Waals surface area contributed by atoms with E-state index in [4.69, 9.17) is 4.74 Å². The second kappa shape index (κ2) is 7.69. The molecule has 1 aromatic rings. The Bertz CT molecular complexity index is 278. The minimum absolute atomic E-state index is 0.786. The van der Waals surface area contributed by atoms with Crippen LogP contribution in [0, 0.1) is 0 Å². The molecule has 3 heteroatoms. The van der Waals surface area contributed by atoms with Gasteiger partial charge in [0.05, 0.1) is 6.61 Å². The van der Waals surface area contributed by atoms with E-state index >= 15 is 0 Å². The molecular weight excluding hydrogens is 254 g/mol. The molecule has 2 nitrogen and oxygen atoms in total. The Kier molecular flexibility index (Phi) is 6.41. The van der Waals surface area contributed by atoms with Crippen molar-refractivity contribution >= 4 is 15.9 Å². The molecule has 84 valence electrons. The molecule has 0 N–H and O–H groups in total. The molecule has 0 amide bonds. The summed E-state index contributed by atoms with van der Waals surface area (Å²) in [6.45, 7) is 3.01. The molecule has 1 aromatic heterocycles. The molecule has 15 heavy (non-hydrogen) atoms. The van der Waals surface area contributed by atoms with Crippen molar-refractivity contribution in [3.63, 3.8) is 0 Å². The van der Waals surface area contributed by atoms with E-state index < -0.39 is 0 Å². The number of halogens is 1. The summed E-state index contributed by atoms with van der Waals surface area (Å²) in [6.07, 6.45) is 8.06. The molecule has 0 saturated heterocycles. The van der Waals surface area contributed by atoms with E-state index in [0.717, 1.165) is 23.4 Å². The number of aromatic nitrogens is 1. The summed E-state index contributed by atoms with van der Waals surface area (Å²) < 4.78 is 6.40. The highest BCUT2D eigenvalue weighted by molar-refractivity contribution is 9.10. The predicted molar refractivity (Wildman–Crippen MR) is 66.2 cm³/mol. The van der Waals surface area contributed by atoms with Crippen molar-refractivity contribution in [2.75, 3.05) is 6.61 Å². The minimum Gasteiger partial charge on any atom is -0.491 e. The van der Waals surface area contributed by atoms with Gasteiger partial charge in [0.1, 0.15) is 4.60 Å². The van der Waals surface area contributed by atoms with Crippen LogP contribution in [0.2, 0.25) is 0 Å². The van der Waals surface area contributed by atoms with Crippen molar-refractivity contribution in [3.05, 3.63) is 22.9 Å².